The molecule has 3 aliphatic rings. The van der Waals surface area contributed by atoms with Crippen molar-refractivity contribution >= 4 is 5.97 Å². The Labute approximate surface area is 222 Å². The second kappa shape index (κ2) is 11.2. The minimum absolute atomic E-state index is 0.0811. The van der Waals surface area contributed by atoms with Crippen molar-refractivity contribution in [3.8, 4) is 5.75 Å². The lowest BCUT2D eigenvalue weighted by atomic mass is 9.73. The summed E-state index contributed by atoms with van der Waals surface area (Å²) in [6, 6.07) is 20.0. The monoisotopic (exact) mass is 506 g/mol. The van der Waals surface area contributed by atoms with Gasteiger partial charge in [-0.2, -0.15) is 0 Å². The van der Waals surface area contributed by atoms with E-state index >= 15 is 0 Å². The Morgan fingerprint density at radius 2 is 1.62 bits per heavy atom. The van der Waals surface area contributed by atoms with Crippen LogP contribution in [-0.4, -0.2) is 55.0 Å². The van der Waals surface area contributed by atoms with Crippen LogP contribution in [0.4, 0.5) is 0 Å². The molecule has 1 N–H and O–H groups in total. The molecule has 2 aromatic carbocycles. The summed E-state index contributed by atoms with van der Waals surface area (Å²) in [6.45, 7) is 1.73. The molecule has 2 bridgehead atoms. The number of fused-ring (bicyclic) bond motifs is 2. The second-order valence-electron chi connectivity index (χ2n) is 12.2. The Bertz CT molecular complexity index is 1020. The molecule has 0 amide bonds. The molecule has 0 saturated heterocycles. The fourth-order valence-corrected chi connectivity index (χ4v) is 7.75. The van der Waals surface area contributed by atoms with Gasteiger partial charge in [-0.25, -0.2) is 4.79 Å². The molecule has 37 heavy (non-hydrogen) atoms. The lowest BCUT2D eigenvalue weighted by Crippen LogP contribution is -2.53. The maximum Gasteiger partial charge on any atom is 0.343 e. The van der Waals surface area contributed by atoms with Crippen LogP contribution in [0.3, 0.4) is 0 Å². The first kappa shape index (κ1) is 26.2. The van der Waals surface area contributed by atoms with E-state index in [2.05, 4.69) is 14.1 Å². The molecule has 5 heteroatoms. The summed E-state index contributed by atoms with van der Waals surface area (Å²) in [7, 11) is 4.65. The Morgan fingerprint density at radius 1 is 0.946 bits per heavy atom. The molecule has 0 heterocycles. The quantitative estimate of drug-likeness (QED) is 0.255. The van der Waals surface area contributed by atoms with Crippen molar-refractivity contribution in [2.75, 3.05) is 27.2 Å². The number of rotatable bonds is 10. The van der Waals surface area contributed by atoms with Gasteiger partial charge in [0, 0.05) is 24.2 Å². The van der Waals surface area contributed by atoms with Gasteiger partial charge in [-0.15, -0.1) is 0 Å². The van der Waals surface area contributed by atoms with E-state index in [1.54, 1.807) is 0 Å². The Balaban J connectivity index is 1.24. The maximum absolute atomic E-state index is 13.8. The number of hydrogen-bond acceptors (Lipinski definition) is 4. The minimum atomic E-state index is -1.56. The van der Waals surface area contributed by atoms with Crippen LogP contribution >= 0.6 is 0 Å². The molecule has 5 nitrogen and oxygen atoms in total. The summed E-state index contributed by atoms with van der Waals surface area (Å²) < 4.78 is 13.2. The van der Waals surface area contributed by atoms with Crippen molar-refractivity contribution in [3.63, 3.8) is 0 Å². The molecule has 0 radical (unpaired) electrons. The summed E-state index contributed by atoms with van der Waals surface area (Å²) >= 11 is 0. The van der Waals surface area contributed by atoms with Crippen molar-refractivity contribution < 1.29 is 23.9 Å². The lowest BCUT2D eigenvalue weighted by molar-refractivity contribution is -0.919. The van der Waals surface area contributed by atoms with E-state index in [0.717, 1.165) is 61.7 Å². The summed E-state index contributed by atoms with van der Waals surface area (Å²) in [5.41, 5.74) is -0.876. The summed E-state index contributed by atoms with van der Waals surface area (Å²) in [5, 5.41) is 12.0. The first-order valence-corrected chi connectivity index (χ1v) is 14.4. The highest BCUT2D eigenvalue weighted by Crippen LogP contribution is 2.51. The van der Waals surface area contributed by atoms with Gasteiger partial charge in [-0.05, 0) is 49.8 Å². The molecular formula is C32H44NO4+. The van der Waals surface area contributed by atoms with Crippen LogP contribution in [0.25, 0.3) is 0 Å². The van der Waals surface area contributed by atoms with E-state index in [1.165, 1.54) is 12.8 Å². The molecular weight excluding hydrogens is 462 g/mol. The van der Waals surface area contributed by atoms with Crippen LogP contribution in [0.2, 0.25) is 0 Å². The average Bonchev–Trinajstić information content (AvgIpc) is 3.51. The highest BCUT2D eigenvalue weighted by atomic mass is 16.6. The standard InChI is InChI=1S/C32H44NO4/c1-33(2,21-12-22-36-27-17-10-5-11-18-27)30-24-19-20-28(30)29(23-24)37-31(34)32(35,25-13-6-3-7-14-25)26-15-8-4-9-16-26/h3,5-7,10-11,13-14,17-18,24,26,28-30,35H,4,8-9,12,15-16,19-23H2,1-2H3/q+1. The van der Waals surface area contributed by atoms with E-state index in [-0.39, 0.29) is 12.0 Å². The molecule has 5 rings (SSSR count). The lowest BCUT2D eigenvalue weighted by Gasteiger charge is -2.40. The smallest absolute Gasteiger partial charge is 0.343 e. The summed E-state index contributed by atoms with van der Waals surface area (Å²) in [5.74, 6) is 1.33. The zero-order chi connectivity index (χ0) is 25.9. The molecule has 3 aliphatic carbocycles. The topological polar surface area (TPSA) is 55.8 Å². The highest BCUT2D eigenvalue weighted by Gasteiger charge is 2.58. The normalized spacial score (nSPS) is 27.5. The third-order valence-electron chi connectivity index (χ3n) is 9.48. The van der Waals surface area contributed by atoms with Gasteiger partial charge >= 0.3 is 5.97 Å². The van der Waals surface area contributed by atoms with Gasteiger partial charge < -0.3 is 19.1 Å². The minimum Gasteiger partial charge on any atom is -0.493 e. The largest absolute Gasteiger partial charge is 0.493 e. The molecule has 0 spiro atoms. The summed E-state index contributed by atoms with van der Waals surface area (Å²) in [4.78, 5) is 13.8. The second-order valence-corrected chi connectivity index (χ2v) is 12.2. The van der Waals surface area contributed by atoms with Crippen molar-refractivity contribution in [1.29, 1.82) is 0 Å². The van der Waals surface area contributed by atoms with Crippen molar-refractivity contribution in [2.24, 2.45) is 17.8 Å². The molecule has 3 fully saturated rings. The number of ether oxygens (including phenoxy) is 2. The van der Waals surface area contributed by atoms with Crippen LogP contribution in [0.5, 0.6) is 5.75 Å². The number of para-hydroxylation sites is 1. The van der Waals surface area contributed by atoms with Gasteiger partial charge in [-0.1, -0.05) is 67.8 Å². The number of benzene rings is 2. The summed E-state index contributed by atoms with van der Waals surface area (Å²) in [6.07, 6.45) is 9.13. The average molecular weight is 507 g/mol. The first-order chi connectivity index (χ1) is 17.9. The predicted molar refractivity (Wildman–Crippen MR) is 145 cm³/mol. The zero-order valence-corrected chi connectivity index (χ0v) is 22.6. The number of hydrogen-bond donors (Lipinski definition) is 1. The number of carbonyl (C=O) groups is 1. The maximum atomic E-state index is 13.8. The fourth-order valence-electron chi connectivity index (χ4n) is 7.75. The Morgan fingerprint density at radius 3 is 2.32 bits per heavy atom. The van der Waals surface area contributed by atoms with E-state index in [4.69, 9.17) is 9.47 Å². The third kappa shape index (κ3) is 5.44. The van der Waals surface area contributed by atoms with E-state index < -0.39 is 11.6 Å². The number of esters is 1. The van der Waals surface area contributed by atoms with Gasteiger partial charge in [0.2, 0.25) is 0 Å². The molecule has 0 aliphatic heterocycles. The first-order valence-electron chi connectivity index (χ1n) is 14.4. The van der Waals surface area contributed by atoms with Crippen molar-refractivity contribution in [2.45, 2.75) is 75.5 Å². The van der Waals surface area contributed by atoms with Gasteiger partial charge in [0.15, 0.2) is 5.60 Å². The zero-order valence-electron chi connectivity index (χ0n) is 22.6. The number of nitrogens with zero attached hydrogens (tertiary/aromatic N) is 1. The number of aliphatic hydroxyl groups is 1. The Hall–Kier alpha value is -2.37. The van der Waals surface area contributed by atoms with Crippen molar-refractivity contribution in [3.05, 3.63) is 66.2 Å². The molecule has 0 aromatic heterocycles. The van der Waals surface area contributed by atoms with E-state index in [9.17, 15) is 9.90 Å². The molecule has 5 atom stereocenters. The number of carbonyl (C=O) groups excluding carboxylic acids is 1. The van der Waals surface area contributed by atoms with Gasteiger partial charge in [0.1, 0.15) is 11.9 Å². The van der Waals surface area contributed by atoms with E-state index in [1.807, 2.05) is 60.7 Å². The van der Waals surface area contributed by atoms with Crippen LogP contribution in [0.1, 0.15) is 63.4 Å². The van der Waals surface area contributed by atoms with Crippen LogP contribution in [0, 0.1) is 17.8 Å². The third-order valence-corrected chi connectivity index (χ3v) is 9.48. The van der Waals surface area contributed by atoms with Crippen molar-refractivity contribution in [1.82, 2.24) is 0 Å². The van der Waals surface area contributed by atoms with Gasteiger partial charge in [0.05, 0.1) is 33.3 Å². The highest BCUT2D eigenvalue weighted by molar-refractivity contribution is 5.81. The van der Waals surface area contributed by atoms with E-state index in [0.29, 0.717) is 30.0 Å². The molecule has 3 saturated carbocycles. The van der Waals surface area contributed by atoms with Crippen LogP contribution in [-0.2, 0) is 15.1 Å². The SMILES string of the molecule is C[N+](C)(CCCOc1ccccc1)C1C2CCC1C(OC(=O)C(O)(c1ccccc1)C1CCCCC1)C2. The van der Waals surface area contributed by atoms with Crippen LogP contribution in [0.15, 0.2) is 60.7 Å². The molecule has 2 aromatic rings. The van der Waals surface area contributed by atoms with Gasteiger partial charge in [0.25, 0.3) is 0 Å². The fraction of sp³-hybridized carbons (Fsp3) is 0.594. The molecule has 200 valence electrons. The number of quaternary nitrogens is 1. The predicted octanol–water partition coefficient (Wildman–Crippen LogP) is 5.71. The molecule has 5 unspecified atom stereocenters. The van der Waals surface area contributed by atoms with Crippen LogP contribution < -0.4 is 4.74 Å². The van der Waals surface area contributed by atoms with Gasteiger partial charge in [-0.3, -0.25) is 0 Å². The Kier molecular flexibility index (Phi) is 7.92.